The van der Waals surface area contributed by atoms with Crippen LogP contribution in [-0.4, -0.2) is 22.1 Å². The average Bonchev–Trinajstić information content (AvgIpc) is 2.97. The maximum Gasteiger partial charge on any atom is 0.139 e. The first-order chi connectivity index (χ1) is 10.3. The van der Waals surface area contributed by atoms with Crippen molar-refractivity contribution in [3.8, 4) is 11.4 Å². The van der Waals surface area contributed by atoms with Gasteiger partial charge in [0.05, 0.1) is 0 Å². The molecule has 1 aromatic heterocycles. The summed E-state index contributed by atoms with van der Waals surface area (Å²) < 4.78 is 2.24. The smallest absolute Gasteiger partial charge is 0.139 e. The lowest BCUT2D eigenvalue weighted by Crippen LogP contribution is -2.35. The van der Waals surface area contributed by atoms with Gasteiger partial charge in [0.15, 0.2) is 0 Å². The fourth-order valence-electron chi connectivity index (χ4n) is 3.35. The fraction of sp³-hybridized carbons (Fsp3) is 0.500. The molecule has 1 heterocycles. The third-order valence-electron chi connectivity index (χ3n) is 4.47. The summed E-state index contributed by atoms with van der Waals surface area (Å²) in [6.45, 7) is 4.37. The minimum Gasteiger partial charge on any atom is -0.330 e. The van der Waals surface area contributed by atoms with Gasteiger partial charge < -0.3 is 9.88 Å². The monoisotopic (exact) mass is 283 g/mol. The maximum atomic E-state index is 4.50. The molecule has 2 aromatic rings. The Hall–Kier alpha value is -1.61. The third-order valence-corrected chi connectivity index (χ3v) is 4.47. The number of aromatic nitrogens is 2. The van der Waals surface area contributed by atoms with E-state index in [1.807, 2.05) is 12.3 Å². The van der Waals surface area contributed by atoms with Crippen LogP contribution in [0.5, 0.6) is 0 Å². The number of imidazole rings is 1. The van der Waals surface area contributed by atoms with Gasteiger partial charge in [0, 0.05) is 37.1 Å². The molecule has 0 saturated heterocycles. The summed E-state index contributed by atoms with van der Waals surface area (Å²) in [7, 11) is 0. The summed E-state index contributed by atoms with van der Waals surface area (Å²) in [4.78, 5) is 4.50. The zero-order valence-electron chi connectivity index (χ0n) is 12.8. The molecule has 112 valence electrons. The van der Waals surface area contributed by atoms with E-state index in [-0.39, 0.29) is 0 Å². The van der Waals surface area contributed by atoms with Crippen molar-refractivity contribution >= 4 is 0 Å². The molecule has 0 bridgehead atoms. The Morgan fingerprint density at radius 1 is 1.24 bits per heavy atom. The second-order valence-corrected chi connectivity index (χ2v) is 6.23. The summed E-state index contributed by atoms with van der Waals surface area (Å²) in [5.41, 5.74) is 1.19. The molecule has 0 spiro atoms. The molecule has 3 nitrogen and oxygen atoms in total. The summed E-state index contributed by atoms with van der Waals surface area (Å²) in [5, 5.41) is 3.72. The Morgan fingerprint density at radius 3 is 2.90 bits per heavy atom. The van der Waals surface area contributed by atoms with Crippen LogP contribution in [0.4, 0.5) is 0 Å². The van der Waals surface area contributed by atoms with Crippen LogP contribution in [0.2, 0.25) is 0 Å². The minimum atomic E-state index is 0.706. The molecule has 3 rings (SSSR count). The van der Waals surface area contributed by atoms with Crippen molar-refractivity contribution in [2.45, 2.75) is 45.2 Å². The molecule has 2 atom stereocenters. The van der Waals surface area contributed by atoms with Crippen molar-refractivity contribution in [3.05, 3.63) is 42.7 Å². The van der Waals surface area contributed by atoms with Crippen LogP contribution < -0.4 is 5.32 Å². The van der Waals surface area contributed by atoms with E-state index in [0.717, 1.165) is 24.8 Å². The topological polar surface area (TPSA) is 29.9 Å². The molecular weight excluding hydrogens is 258 g/mol. The fourth-order valence-corrected chi connectivity index (χ4v) is 3.35. The third kappa shape index (κ3) is 3.73. The summed E-state index contributed by atoms with van der Waals surface area (Å²) in [5.74, 6) is 1.94. The van der Waals surface area contributed by atoms with E-state index in [4.69, 9.17) is 0 Å². The van der Waals surface area contributed by atoms with E-state index in [1.165, 1.54) is 31.2 Å². The van der Waals surface area contributed by atoms with E-state index in [2.05, 4.69) is 52.3 Å². The molecule has 1 aliphatic carbocycles. The molecule has 3 heteroatoms. The lowest BCUT2D eigenvalue weighted by Gasteiger charge is -2.27. The number of rotatable bonds is 5. The molecule has 0 aliphatic heterocycles. The van der Waals surface area contributed by atoms with E-state index in [9.17, 15) is 0 Å². The maximum absolute atomic E-state index is 4.50. The van der Waals surface area contributed by atoms with Crippen LogP contribution in [0.15, 0.2) is 42.7 Å². The number of nitrogens with zero attached hydrogens (tertiary/aromatic N) is 2. The van der Waals surface area contributed by atoms with Gasteiger partial charge in [-0.05, 0) is 18.8 Å². The minimum absolute atomic E-state index is 0.706. The van der Waals surface area contributed by atoms with Crippen LogP contribution in [0.25, 0.3) is 11.4 Å². The standard InChI is InChI=1S/C18H25N3/c1-15-6-5-9-17(14-15)19-10-12-21-13-11-20-18(21)16-7-3-2-4-8-16/h2-4,7-8,11,13,15,17,19H,5-6,9-10,12,14H2,1H3. The quantitative estimate of drug-likeness (QED) is 0.906. The van der Waals surface area contributed by atoms with Gasteiger partial charge >= 0.3 is 0 Å². The first kappa shape index (κ1) is 14.3. The zero-order valence-corrected chi connectivity index (χ0v) is 12.8. The van der Waals surface area contributed by atoms with Gasteiger partial charge in [0.25, 0.3) is 0 Å². The van der Waals surface area contributed by atoms with Gasteiger partial charge in [0.1, 0.15) is 5.82 Å². The van der Waals surface area contributed by atoms with Gasteiger partial charge in [0.2, 0.25) is 0 Å². The first-order valence-electron chi connectivity index (χ1n) is 8.13. The van der Waals surface area contributed by atoms with Crippen molar-refractivity contribution < 1.29 is 0 Å². The van der Waals surface area contributed by atoms with Crippen LogP contribution in [0.3, 0.4) is 0 Å². The highest BCUT2D eigenvalue weighted by Gasteiger charge is 2.17. The van der Waals surface area contributed by atoms with Crippen molar-refractivity contribution in [1.29, 1.82) is 0 Å². The van der Waals surface area contributed by atoms with Gasteiger partial charge in [-0.2, -0.15) is 0 Å². The summed E-state index contributed by atoms with van der Waals surface area (Å²) in [6, 6.07) is 11.1. The molecule has 0 radical (unpaired) electrons. The lowest BCUT2D eigenvalue weighted by atomic mass is 9.87. The van der Waals surface area contributed by atoms with Gasteiger partial charge in [-0.25, -0.2) is 4.98 Å². The Kier molecular flexibility index (Phi) is 4.71. The van der Waals surface area contributed by atoms with Crippen molar-refractivity contribution in [2.75, 3.05) is 6.54 Å². The molecule has 21 heavy (non-hydrogen) atoms. The summed E-state index contributed by atoms with van der Waals surface area (Å²) in [6.07, 6.45) is 9.41. The molecule has 1 fully saturated rings. The molecular formula is C18H25N3. The Bertz CT molecular complexity index is 547. The SMILES string of the molecule is CC1CCCC(NCCn2ccnc2-c2ccccc2)C1. The predicted octanol–water partition coefficient (Wildman–Crippen LogP) is 3.72. The molecule has 1 aromatic carbocycles. The van der Waals surface area contributed by atoms with E-state index in [0.29, 0.717) is 6.04 Å². The molecule has 1 saturated carbocycles. The van der Waals surface area contributed by atoms with Gasteiger partial charge in [-0.1, -0.05) is 50.1 Å². The number of benzene rings is 1. The van der Waals surface area contributed by atoms with E-state index >= 15 is 0 Å². The number of hydrogen-bond donors (Lipinski definition) is 1. The Balaban J connectivity index is 1.55. The van der Waals surface area contributed by atoms with Crippen LogP contribution >= 0.6 is 0 Å². The highest BCUT2D eigenvalue weighted by molar-refractivity contribution is 5.55. The highest BCUT2D eigenvalue weighted by atomic mass is 15.1. The highest BCUT2D eigenvalue weighted by Crippen LogP contribution is 2.23. The molecule has 2 unspecified atom stereocenters. The van der Waals surface area contributed by atoms with Crippen LogP contribution in [0, 0.1) is 5.92 Å². The van der Waals surface area contributed by atoms with Crippen molar-refractivity contribution in [3.63, 3.8) is 0 Å². The number of hydrogen-bond acceptors (Lipinski definition) is 2. The Morgan fingerprint density at radius 2 is 2.10 bits per heavy atom. The number of nitrogens with one attached hydrogen (secondary N) is 1. The lowest BCUT2D eigenvalue weighted by molar-refractivity contribution is 0.299. The largest absolute Gasteiger partial charge is 0.330 e. The zero-order chi connectivity index (χ0) is 14.5. The van der Waals surface area contributed by atoms with Gasteiger partial charge in [-0.3, -0.25) is 0 Å². The first-order valence-corrected chi connectivity index (χ1v) is 8.13. The van der Waals surface area contributed by atoms with Gasteiger partial charge in [-0.15, -0.1) is 0 Å². The Labute approximate surface area is 127 Å². The molecule has 0 amide bonds. The predicted molar refractivity (Wildman–Crippen MR) is 87.1 cm³/mol. The second kappa shape index (κ2) is 6.90. The average molecular weight is 283 g/mol. The summed E-state index contributed by atoms with van der Waals surface area (Å²) >= 11 is 0. The van der Waals surface area contributed by atoms with Crippen LogP contribution in [-0.2, 0) is 6.54 Å². The molecule has 1 N–H and O–H groups in total. The molecule has 1 aliphatic rings. The second-order valence-electron chi connectivity index (χ2n) is 6.23. The van der Waals surface area contributed by atoms with Crippen LogP contribution in [0.1, 0.15) is 32.6 Å². The van der Waals surface area contributed by atoms with E-state index < -0.39 is 0 Å². The normalized spacial score (nSPS) is 22.3. The van der Waals surface area contributed by atoms with Crippen molar-refractivity contribution in [2.24, 2.45) is 5.92 Å². The van der Waals surface area contributed by atoms with E-state index in [1.54, 1.807) is 0 Å². The van der Waals surface area contributed by atoms with Crippen molar-refractivity contribution in [1.82, 2.24) is 14.9 Å².